The second-order valence-corrected chi connectivity index (χ2v) is 8.77. The molecule has 0 bridgehead atoms. The Morgan fingerprint density at radius 2 is 2.00 bits per heavy atom. The topological polar surface area (TPSA) is 74.7 Å². The molecule has 2 aliphatic carbocycles. The third-order valence-corrected chi connectivity index (χ3v) is 7.24. The van der Waals surface area contributed by atoms with Gasteiger partial charge in [0.2, 0.25) is 15.9 Å². The third-order valence-electron chi connectivity index (χ3n) is 5.28. The van der Waals surface area contributed by atoms with Crippen molar-refractivity contribution in [3.63, 3.8) is 0 Å². The number of halogens is 2. The summed E-state index contributed by atoms with van der Waals surface area (Å²) in [5, 5.41) is 9.44. The Balaban J connectivity index is 1.69. The first-order valence-corrected chi connectivity index (χ1v) is 8.85. The number of carbonyl (C=O) groups is 1. The Morgan fingerprint density at radius 3 is 2.52 bits per heavy atom. The zero-order valence-electron chi connectivity index (χ0n) is 11.6. The van der Waals surface area contributed by atoms with Gasteiger partial charge in [-0.1, -0.05) is 6.42 Å². The molecule has 5 nitrogen and oxygen atoms in total. The molecule has 0 aromatic rings. The quantitative estimate of drug-likeness (QED) is 0.852. The van der Waals surface area contributed by atoms with Crippen LogP contribution in [0.3, 0.4) is 0 Å². The molecule has 0 amide bonds. The van der Waals surface area contributed by atoms with Crippen molar-refractivity contribution in [1.29, 1.82) is 0 Å². The highest BCUT2D eigenvalue weighted by atomic mass is 32.2. The summed E-state index contributed by atoms with van der Waals surface area (Å²) in [6, 6.07) is 0. The number of nitrogens with zero attached hydrogens (tertiary/aromatic N) is 1. The summed E-state index contributed by atoms with van der Waals surface area (Å²) in [6.45, 7) is 0.218. The van der Waals surface area contributed by atoms with Gasteiger partial charge >= 0.3 is 5.97 Å². The van der Waals surface area contributed by atoms with E-state index < -0.39 is 33.2 Å². The van der Waals surface area contributed by atoms with Gasteiger partial charge in [-0.05, 0) is 24.7 Å². The molecule has 1 heterocycles. The van der Waals surface area contributed by atoms with Crippen LogP contribution in [0.25, 0.3) is 0 Å². The van der Waals surface area contributed by atoms with Crippen LogP contribution in [0.2, 0.25) is 0 Å². The van der Waals surface area contributed by atoms with E-state index in [-0.39, 0.29) is 37.6 Å². The van der Waals surface area contributed by atoms with Crippen molar-refractivity contribution in [3.8, 4) is 0 Å². The fraction of sp³-hybridized carbons (Fsp3) is 0.923. The molecule has 0 spiro atoms. The Kier molecular flexibility index (Phi) is 3.33. The summed E-state index contributed by atoms with van der Waals surface area (Å²) in [5.41, 5.74) is -0.962. The molecular weight excluding hydrogens is 304 g/mol. The summed E-state index contributed by atoms with van der Waals surface area (Å²) in [4.78, 5) is 11.5. The molecule has 1 saturated heterocycles. The van der Waals surface area contributed by atoms with Crippen LogP contribution in [0.5, 0.6) is 0 Å². The highest BCUT2D eigenvalue weighted by Gasteiger charge is 2.57. The van der Waals surface area contributed by atoms with E-state index in [4.69, 9.17) is 0 Å². The Morgan fingerprint density at radius 1 is 1.33 bits per heavy atom. The molecule has 3 rings (SSSR count). The predicted molar refractivity (Wildman–Crippen MR) is 70.4 cm³/mol. The molecule has 2 saturated carbocycles. The number of hydrogen-bond acceptors (Lipinski definition) is 3. The number of fused-ring (bicyclic) bond motifs is 1. The monoisotopic (exact) mass is 323 g/mol. The maximum Gasteiger partial charge on any atom is 0.311 e. The number of carboxylic acids is 1. The van der Waals surface area contributed by atoms with E-state index in [1.807, 2.05) is 0 Å². The number of carboxylic acid groups (broad SMARTS) is 1. The summed E-state index contributed by atoms with van der Waals surface area (Å²) >= 11 is 0. The molecular formula is C13H19F2NO4S. The van der Waals surface area contributed by atoms with Crippen molar-refractivity contribution < 1.29 is 27.1 Å². The Hall–Kier alpha value is -0.760. The molecule has 1 N–H and O–H groups in total. The number of alkyl halides is 2. The lowest BCUT2D eigenvalue weighted by molar-refractivity contribution is -0.149. The molecule has 0 unspecified atom stereocenters. The van der Waals surface area contributed by atoms with Crippen LogP contribution >= 0.6 is 0 Å². The summed E-state index contributed by atoms with van der Waals surface area (Å²) in [7, 11) is -3.65. The van der Waals surface area contributed by atoms with Crippen molar-refractivity contribution in [2.45, 2.75) is 38.0 Å². The van der Waals surface area contributed by atoms with Gasteiger partial charge in [0.15, 0.2) is 0 Å². The van der Waals surface area contributed by atoms with Crippen molar-refractivity contribution in [3.05, 3.63) is 0 Å². The Bertz CT molecular complexity index is 557. The highest BCUT2D eigenvalue weighted by Crippen LogP contribution is 2.50. The summed E-state index contributed by atoms with van der Waals surface area (Å²) < 4.78 is 51.5. The van der Waals surface area contributed by atoms with E-state index in [1.165, 1.54) is 4.31 Å². The predicted octanol–water partition coefficient (Wildman–Crippen LogP) is 1.55. The second-order valence-electron chi connectivity index (χ2n) is 6.75. The minimum Gasteiger partial charge on any atom is -0.481 e. The smallest absolute Gasteiger partial charge is 0.311 e. The minimum absolute atomic E-state index is 0.00154. The zero-order valence-corrected chi connectivity index (χ0v) is 12.4. The summed E-state index contributed by atoms with van der Waals surface area (Å²) in [6.07, 6.45) is 1.27. The molecule has 3 fully saturated rings. The van der Waals surface area contributed by atoms with Crippen LogP contribution in [0.1, 0.15) is 32.1 Å². The number of sulfonamides is 1. The van der Waals surface area contributed by atoms with Gasteiger partial charge in [0, 0.05) is 25.9 Å². The minimum atomic E-state index is -3.65. The lowest BCUT2D eigenvalue weighted by Crippen LogP contribution is -2.43. The van der Waals surface area contributed by atoms with Gasteiger partial charge in [-0.3, -0.25) is 4.79 Å². The molecule has 0 aromatic carbocycles. The van der Waals surface area contributed by atoms with Gasteiger partial charge < -0.3 is 5.11 Å². The van der Waals surface area contributed by atoms with E-state index in [9.17, 15) is 27.1 Å². The molecule has 1 aliphatic heterocycles. The number of hydrogen-bond donors (Lipinski definition) is 1. The first-order chi connectivity index (χ1) is 9.65. The zero-order chi connectivity index (χ0) is 15.5. The molecule has 21 heavy (non-hydrogen) atoms. The van der Waals surface area contributed by atoms with E-state index in [0.717, 1.165) is 12.8 Å². The van der Waals surface area contributed by atoms with Crippen molar-refractivity contribution in [2.24, 2.45) is 17.3 Å². The fourth-order valence-corrected chi connectivity index (χ4v) is 5.99. The van der Waals surface area contributed by atoms with Gasteiger partial charge in [0.1, 0.15) is 0 Å². The van der Waals surface area contributed by atoms with E-state index >= 15 is 0 Å². The van der Waals surface area contributed by atoms with Crippen LogP contribution in [-0.4, -0.2) is 48.6 Å². The lowest BCUT2D eigenvalue weighted by Gasteiger charge is -2.35. The van der Waals surface area contributed by atoms with Crippen LogP contribution in [-0.2, 0) is 14.8 Å². The van der Waals surface area contributed by atoms with Gasteiger partial charge in [-0.15, -0.1) is 0 Å². The third kappa shape index (κ3) is 2.46. The lowest BCUT2D eigenvalue weighted by atomic mass is 9.81. The maximum atomic E-state index is 12.8. The molecule has 0 radical (unpaired) electrons. The average molecular weight is 323 g/mol. The van der Waals surface area contributed by atoms with Gasteiger partial charge in [-0.25, -0.2) is 21.5 Å². The largest absolute Gasteiger partial charge is 0.481 e. The maximum absolute atomic E-state index is 12.8. The first kappa shape index (κ1) is 15.1. The van der Waals surface area contributed by atoms with Crippen molar-refractivity contribution in [1.82, 2.24) is 4.31 Å². The van der Waals surface area contributed by atoms with Gasteiger partial charge in [-0.2, -0.15) is 0 Å². The summed E-state index contributed by atoms with van der Waals surface area (Å²) in [5.74, 6) is -4.61. The molecule has 120 valence electrons. The van der Waals surface area contributed by atoms with Crippen LogP contribution in [0.4, 0.5) is 8.78 Å². The standard InChI is InChI=1S/C13H19F2NO4S/c14-13(15)4-9(5-13)7-21(19,20)16-6-10-2-1-3-12(10,8-16)11(17)18/h9-10H,1-8H2,(H,17,18)/t10-,12+/m0/s1. The van der Waals surface area contributed by atoms with Gasteiger partial charge in [0.05, 0.1) is 11.2 Å². The van der Waals surface area contributed by atoms with Crippen LogP contribution in [0.15, 0.2) is 0 Å². The molecule has 0 aromatic heterocycles. The molecule has 2 atom stereocenters. The number of rotatable bonds is 4. The molecule has 8 heteroatoms. The van der Waals surface area contributed by atoms with Crippen LogP contribution in [0, 0.1) is 17.3 Å². The molecule has 3 aliphatic rings. The first-order valence-electron chi connectivity index (χ1n) is 7.24. The Labute approximate surface area is 122 Å². The van der Waals surface area contributed by atoms with Crippen LogP contribution < -0.4 is 0 Å². The van der Waals surface area contributed by atoms with E-state index in [2.05, 4.69) is 0 Å². The average Bonchev–Trinajstić information content (AvgIpc) is 2.82. The van der Waals surface area contributed by atoms with Crippen molar-refractivity contribution >= 4 is 16.0 Å². The van der Waals surface area contributed by atoms with Gasteiger partial charge in [0.25, 0.3) is 0 Å². The van der Waals surface area contributed by atoms with E-state index in [0.29, 0.717) is 6.42 Å². The van der Waals surface area contributed by atoms with E-state index in [1.54, 1.807) is 0 Å². The van der Waals surface area contributed by atoms with Crippen molar-refractivity contribution in [2.75, 3.05) is 18.8 Å². The fourth-order valence-electron chi connectivity index (χ4n) is 4.11. The second kappa shape index (κ2) is 4.62. The highest BCUT2D eigenvalue weighted by molar-refractivity contribution is 7.89. The number of aliphatic carboxylic acids is 1. The normalized spacial score (nSPS) is 36.4. The SMILES string of the molecule is O=C(O)[C@@]12CCC[C@H]1CN(S(=O)(=O)CC1CC(F)(F)C1)C2.